The number of piperidine rings is 1. The Bertz CT molecular complexity index is 500. The SMILES string of the molecule is CCOC(=O)C1CCCCN1C(=O)c1ccc(CSC)o1. The van der Waals surface area contributed by atoms with Gasteiger partial charge in [0.2, 0.25) is 0 Å². The van der Waals surface area contributed by atoms with E-state index in [9.17, 15) is 9.59 Å². The Morgan fingerprint density at radius 2 is 2.24 bits per heavy atom. The van der Waals surface area contributed by atoms with Crippen LogP contribution in [0.5, 0.6) is 0 Å². The van der Waals surface area contributed by atoms with E-state index in [1.165, 1.54) is 0 Å². The summed E-state index contributed by atoms with van der Waals surface area (Å²) in [6.07, 6.45) is 4.47. The number of carbonyl (C=O) groups excluding carboxylic acids is 2. The molecular weight excluding hydrogens is 290 g/mol. The Morgan fingerprint density at radius 3 is 2.95 bits per heavy atom. The monoisotopic (exact) mass is 311 g/mol. The van der Waals surface area contributed by atoms with Crippen molar-refractivity contribution in [2.24, 2.45) is 0 Å². The molecule has 2 heterocycles. The normalized spacial score (nSPS) is 18.6. The zero-order valence-corrected chi connectivity index (χ0v) is 13.3. The fourth-order valence-corrected chi connectivity index (χ4v) is 2.95. The lowest BCUT2D eigenvalue weighted by atomic mass is 10.0. The number of thioether (sulfide) groups is 1. The number of nitrogens with zero attached hydrogens (tertiary/aromatic N) is 1. The highest BCUT2D eigenvalue weighted by molar-refractivity contribution is 7.97. The topological polar surface area (TPSA) is 59.8 Å². The third-order valence-corrected chi connectivity index (χ3v) is 4.05. The molecule has 1 aromatic heterocycles. The first kappa shape index (κ1) is 15.9. The molecule has 0 saturated carbocycles. The Morgan fingerprint density at radius 1 is 1.43 bits per heavy atom. The summed E-state index contributed by atoms with van der Waals surface area (Å²) in [5.41, 5.74) is 0. The zero-order valence-electron chi connectivity index (χ0n) is 12.5. The molecule has 6 heteroatoms. The maximum absolute atomic E-state index is 12.6. The van der Waals surface area contributed by atoms with E-state index < -0.39 is 6.04 Å². The number of likely N-dealkylation sites (tertiary alicyclic amines) is 1. The van der Waals surface area contributed by atoms with Crippen molar-refractivity contribution in [1.82, 2.24) is 4.90 Å². The molecule has 1 aliphatic heterocycles. The summed E-state index contributed by atoms with van der Waals surface area (Å²) in [5.74, 6) is 1.27. The molecule has 0 N–H and O–H groups in total. The molecule has 0 radical (unpaired) electrons. The van der Waals surface area contributed by atoms with Gasteiger partial charge in [-0.15, -0.1) is 0 Å². The summed E-state index contributed by atoms with van der Waals surface area (Å²) in [4.78, 5) is 26.1. The molecule has 1 saturated heterocycles. The van der Waals surface area contributed by atoms with Crippen molar-refractivity contribution >= 4 is 23.6 Å². The van der Waals surface area contributed by atoms with Gasteiger partial charge in [-0.1, -0.05) is 0 Å². The molecule has 1 aliphatic rings. The molecule has 2 rings (SSSR count). The first-order chi connectivity index (χ1) is 10.2. The van der Waals surface area contributed by atoms with Gasteiger partial charge in [0.15, 0.2) is 5.76 Å². The molecule has 0 spiro atoms. The highest BCUT2D eigenvalue weighted by Crippen LogP contribution is 2.22. The highest BCUT2D eigenvalue weighted by Gasteiger charge is 2.34. The van der Waals surface area contributed by atoms with E-state index in [0.29, 0.717) is 25.3 Å². The molecular formula is C15H21NO4S. The van der Waals surface area contributed by atoms with Gasteiger partial charge >= 0.3 is 5.97 Å². The zero-order chi connectivity index (χ0) is 15.2. The molecule has 1 aromatic rings. The average Bonchev–Trinajstić information content (AvgIpc) is 2.96. The largest absolute Gasteiger partial charge is 0.464 e. The maximum atomic E-state index is 12.6. The van der Waals surface area contributed by atoms with E-state index in [4.69, 9.17) is 9.15 Å². The smallest absolute Gasteiger partial charge is 0.328 e. The van der Waals surface area contributed by atoms with Gasteiger partial charge in [-0.05, 0) is 44.6 Å². The molecule has 5 nitrogen and oxygen atoms in total. The Kier molecular flexibility index (Phi) is 5.73. The highest BCUT2D eigenvalue weighted by atomic mass is 32.2. The van der Waals surface area contributed by atoms with Crippen molar-refractivity contribution in [2.45, 2.75) is 38.0 Å². The second-order valence-corrected chi connectivity index (χ2v) is 5.83. The number of ether oxygens (including phenoxy) is 1. The molecule has 116 valence electrons. The fourth-order valence-electron chi connectivity index (χ4n) is 2.51. The molecule has 0 bridgehead atoms. The summed E-state index contributed by atoms with van der Waals surface area (Å²) in [7, 11) is 0. The van der Waals surface area contributed by atoms with Gasteiger partial charge in [0.1, 0.15) is 11.8 Å². The van der Waals surface area contributed by atoms with Crippen LogP contribution >= 0.6 is 11.8 Å². The summed E-state index contributed by atoms with van der Waals surface area (Å²) in [6.45, 7) is 2.67. The van der Waals surface area contributed by atoms with Crippen LogP contribution in [0.1, 0.15) is 42.5 Å². The lowest BCUT2D eigenvalue weighted by Gasteiger charge is -2.33. The molecule has 0 aromatic carbocycles. The second-order valence-electron chi connectivity index (χ2n) is 4.96. The molecule has 1 atom stereocenters. The van der Waals surface area contributed by atoms with Crippen LogP contribution in [-0.2, 0) is 15.3 Å². The lowest BCUT2D eigenvalue weighted by Crippen LogP contribution is -2.48. The van der Waals surface area contributed by atoms with E-state index in [1.54, 1.807) is 29.7 Å². The molecule has 1 unspecified atom stereocenters. The van der Waals surface area contributed by atoms with Crippen molar-refractivity contribution < 1.29 is 18.7 Å². The van der Waals surface area contributed by atoms with E-state index >= 15 is 0 Å². The van der Waals surface area contributed by atoms with Gasteiger partial charge in [0.05, 0.1) is 12.4 Å². The first-order valence-electron chi connectivity index (χ1n) is 7.22. The third-order valence-electron chi connectivity index (χ3n) is 3.48. The van der Waals surface area contributed by atoms with Crippen LogP contribution in [-0.4, -0.2) is 42.2 Å². The number of hydrogen-bond donors (Lipinski definition) is 0. The molecule has 1 amide bonds. The van der Waals surface area contributed by atoms with Crippen molar-refractivity contribution in [3.05, 3.63) is 23.7 Å². The summed E-state index contributed by atoms with van der Waals surface area (Å²) in [6, 6.07) is 3.01. The summed E-state index contributed by atoms with van der Waals surface area (Å²) < 4.78 is 10.6. The van der Waals surface area contributed by atoms with E-state index in [0.717, 1.165) is 24.4 Å². The minimum atomic E-state index is -0.486. The predicted molar refractivity (Wildman–Crippen MR) is 81.2 cm³/mol. The van der Waals surface area contributed by atoms with Crippen LogP contribution in [0.15, 0.2) is 16.5 Å². The van der Waals surface area contributed by atoms with Crippen molar-refractivity contribution in [3.8, 4) is 0 Å². The number of carbonyl (C=O) groups is 2. The van der Waals surface area contributed by atoms with Crippen LogP contribution in [0.3, 0.4) is 0 Å². The first-order valence-corrected chi connectivity index (χ1v) is 8.62. The van der Waals surface area contributed by atoms with Gasteiger partial charge in [-0.2, -0.15) is 11.8 Å². The van der Waals surface area contributed by atoms with Gasteiger partial charge in [-0.3, -0.25) is 4.79 Å². The standard InChI is InChI=1S/C15H21NO4S/c1-3-19-15(18)12-6-4-5-9-16(12)14(17)13-8-7-11(20-13)10-21-2/h7-8,12H,3-6,9-10H2,1-2H3. The van der Waals surface area contributed by atoms with Crippen LogP contribution in [0.25, 0.3) is 0 Å². The average molecular weight is 311 g/mol. The quantitative estimate of drug-likeness (QED) is 0.783. The van der Waals surface area contributed by atoms with Gasteiger partial charge in [0, 0.05) is 6.54 Å². The van der Waals surface area contributed by atoms with Gasteiger partial charge < -0.3 is 14.1 Å². The minimum absolute atomic E-state index is 0.222. The van der Waals surface area contributed by atoms with E-state index in [2.05, 4.69) is 0 Å². The van der Waals surface area contributed by atoms with Gasteiger partial charge in [0.25, 0.3) is 5.91 Å². The van der Waals surface area contributed by atoms with Crippen molar-refractivity contribution in [3.63, 3.8) is 0 Å². The lowest BCUT2D eigenvalue weighted by molar-refractivity contribution is -0.149. The Hall–Kier alpha value is -1.43. The molecule has 1 fully saturated rings. The Balaban J connectivity index is 2.12. The van der Waals surface area contributed by atoms with E-state index in [-0.39, 0.29) is 11.9 Å². The fraction of sp³-hybridized carbons (Fsp3) is 0.600. The maximum Gasteiger partial charge on any atom is 0.328 e. The number of esters is 1. The minimum Gasteiger partial charge on any atom is -0.464 e. The van der Waals surface area contributed by atoms with Crippen LogP contribution < -0.4 is 0 Å². The van der Waals surface area contributed by atoms with Crippen LogP contribution in [0, 0.1) is 0 Å². The number of amides is 1. The number of hydrogen-bond acceptors (Lipinski definition) is 5. The van der Waals surface area contributed by atoms with E-state index in [1.807, 2.05) is 12.3 Å². The van der Waals surface area contributed by atoms with Crippen molar-refractivity contribution in [1.29, 1.82) is 0 Å². The van der Waals surface area contributed by atoms with Crippen molar-refractivity contribution in [2.75, 3.05) is 19.4 Å². The molecule has 21 heavy (non-hydrogen) atoms. The summed E-state index contributed by atoms with van der Waals surface area (Å²) in [5, 5.41) is 0. The summed E-state index contributed by atoms with van der Waals surface area (Å²) >= 11 is 1.63. The van der Waals surface area contributed by atoms with Crippen LogP contribution in [0.4, 0.5) is 0 Å². The number of rotatable bonds is 5. The second kappa shape index (κ2) is 7.54. The predicted octanol–water partition coefficient (Wildman–Crippen LogP) is 2.70. The van der Waals surface area contributed by atoms with Crippen LogP contribution in [0.2, 0.25) is 0 Å². The number of furan rings is 1. The Labute approximate surface area is 129 Å². The van der Waals surface area contributed by atoms with Gasteiger partial charge in [-0.25, -0.2) is 4.79 Å². The molecule has 0 aliphatic carbocycles. The third kappa shape index (κ3) is 3.81.